The minimum Gasteiger partial charge on any atom is -0.309 e. The summed E-state index contributed by atoms with van der Waals surface area (Å²) < 4.78 is 13.2. The first-order valence-electron chi connectivity index (χ1n) is 6.77. The van der Waals surface area contributed by atoms with Crippen LogP contribution in [0.5, 0.6) is 0 Å². The first-order valence-corrected chi connectivity index (χ1v) is 6.77. The van der Waals surface area contributed by atoms with Crippen LogP contribution in [0.4, 0.5) is 4.39 Å². The highest BCUT2D eigenvalue weighted by Crippen LogP contribution is 2.10. The van der Waals surface area contributed by atoms with E-state index in [-0.39, 0.29) is 5.82 Å². The molecule has 1 aromatic rings. The fraction of sp³-hybridized carbons (Fsp3) is 0.600. The molecule has 0 saturated heterocycles. The van der Waals surface area contributed by atoms with Gasteiger partial charge in [-0.05, 0) is 50.2 Å². The Morgan fingerprint density at radius 1 is 1.28 bits per heavy atom. The van der Waals surface area contributed by atoms with Gasteiger partial charge in [-0.2, -0.15) is 0 Å². The van der Waals surface area contributed by atoms with E-state index in [0.717, 1.165) is 37.3 Å². The molecule has 2 nitrogen and oxygen atoms in total. The smallest absolute Gasteiger partial charge is 0.123 e. The van der Waals surface area contributed by atoms with Gasteiger partial charge in [0, 0.05) is 19.1 Å². The van der Waals surface area contributed by atoms with Crippen molar-refractivity contribution in [2.24, 2.45) is 0 Å². The van der Waals surface area contributed by atoms with Gasteiger partial charge in [0.25, 0.3) is 0 Å². The van der Waals surface area contributed by atoms with Crippen molar-refractivity contribution in [2.45, 2.75) is 40.3 Å². The third kappa shape index (κ3) is 4.75. The molecule has 102 valence electrons. The number of aryl methyl sites for hydroxylation is 1. The van der Waals surface area contributed by atoms with Crippen LogP contribution in [0.25, 0.3) is 0 Å². The van der Waals surface area contributed by atoms with Gasteiger partial charge in [-0.1, -0.05) is 19.9 Å². The van der Waals surface area contributed by atoms with Gasteiger partial charge >= 0.3 is 0 Å². The molecule has 18 heavy (non-hydrogen) atoms. The molecule has 0 amide bonds. The molecule has 0 saturated carbocycles. The van der Waals surface area contributed by atoms with Crippen LogP contribution in [0, 0.1) is 12.7 Å². The molecular weight excluding hydrogens is 227 g/mol. The molecule has 0 heterocycles. The first kappa shape index (κ1) is 15.1. The van der Waals surface area contributed by atoms with Crippen molar-refractivity contribution in [3.8, 4) is 0 Å². The molecule has 1 N–H and O–H groups in total. The Bertz CT molecular complexity index is 362. The van der Waals surface area contributed by atoms with E-state index in [1.807, 2.05) is 13.0 Å². The van der Waals surface area contributed by atoms with E-state index in [1.54, 1.807) is 6.07 Å². The molecule has 0 fully saturated rings. The number of nitrogens with zero attached hydrogens (tertiary/aromatic N) is 1. The lowest BCUT2D eigenvalue weighted by Crippen LogP contribution is -2.38. The number of likely N-dealkylation sites (N-methyl/N-ethyl adjacent to an activating group) is 1. The lowest BCUT2D eigenvalue weighted by atomic mass is 10.1. The Morgan fingerprint density at radius 3 is 2.56 bits per heavy atom. The number of hydrogen-bond acceptors (Lipinski definition) is 2. The van der Waals surface area contributed by atoms with E-state index in [2.05, 4.69) is 31.0 Å². The predicted octanol–water partition coefficient (Wildman–Crippen LogP) is 2.95. The second-order valence-electron chi connectivity index (χ2n) is 4.84. The van der Waals surface area contributed by atoms with E-state index < -0.39 is 0 Å². The van der Waals surface area contributed by atoms with E-state index in [4.69, 9.17) is 0 Å². The summed E-state index contributed by atoms with van der Waals surface area (Å²) in [6.45, 7) is 12.4. The second-order valence-corrected chi connectivity index (χ2v) is 4.84. The summed E-state index contributed by atoms with van der Waals surface area (Å²) in [7, 11) is 0. The molecule has 1 atom stereocenters. The minimum atomic E-state index is -0.159. The zero-order chi connectivity index (χ0) is 13.5. The summed E-state index contributed by atoms with van der Waals surface area (Å²) in [5.41, 5.74) is 2.18. The Hall–Kier alpha value is -0.930. The molecule has 0 radical (unpaired) electrons. The van der Waals surface area contributed by atoms with Crippen molar-refractivity contribution < 1.29 is 4.39 Å². The normalized spacial score (nSPS) is 13.0. The molecule has 0 aliphatic rings. The lowest BCUT2D eigenvalue weighted by Gasteiger charge is -2.23. The Balaban J connectivity index is 2.46. The van der Waals surface area contributed by atoms with E-state index in [1.165, 1.54) is 6.07 Å². The molecular formula is C15H25FN2. The number of hydrogen-bond donors (Lipinski definition) is 1. The van der Waals surface area contributed by atoms with Crippen LogP contribution in [0.2, 0.25) is 0 Å². The van der Waals surface area contributed by atoms with Gasteiger partial charge < -0.3 is 10.2 Å². The largest absolute Gasteiger partial charge is 0.309 e. The number of nitrogens with one attached hydrogen (secondary N) is 1. The summed E-state index contributed by atoms with van der Waals surface area (Å²) in [4.78, 5) is 2.39. The fourth-order valence-electron chi connectivity index (χ4n) is 2.05. The predicted molar refractivity (Wildman–Crippen MR) is 75.2 cm³/mol. The van der Waals surface area contributed by atoms with Crippen LogP contribution in [0.3, 0.4) is 0 Å². The van der Waals surface area contributed by atoms with Crippen LogP contribution in [-0.2, 0) is 6.54 Å². The lowest BCUT2D eigenvalue weighted by molar-refractivity contribution is 0.270. The van der Waals surface area contributed by atoms with Crippen molar-refractivity contribution in [3.63, 3.8) is 0 Å². The van der Waals surface area contributed by atoms with Crippen molar-refractivity contribution >= 4 is 0 Å². The van der Waals surface area contributed by atoms with E-state index >= 15 is 0 Å². The van der Waals surface area contributed by atoms with Crippen LogP contribution >= 0.6 is 0 Å². The van der Waals surface area contributed by atoms with Crippen molar-refractivity contribution in [2.75, 3.05) is 19.6 Å². The molecule has 0 spiro atoms. The zero-order valence-corrected chi connectivity index (χ0v) is 12.0. The number of benzene rings is 1. The van der Waals surface area contributed by atoms with Gasteiger partial charge in [-0.25, -0.2) is 4.39 Å². The van der Waals surface area contributed by atoms with Crippen molar-refractivity contribution in [1.82, 2.24) is 10.2 Å². The summed E-state index contributed by atoms with van der Waals surface area (Å²) in [6, 6.07) is 5.37. The van der Waals surface area contributed by atoms with Crippen molar-refractivity contribution in [3.05, 3.63) is 35.1 Å². The molecule has 0 aliphatic carbocycles. The van der Waals surface area contributed by atoms with Crippen LogP contribution < -0.4 is 5.32 Å². The first-order chi connectivity index (χ1) is 8.56. The van der Waals surface area contributed by atoms with Crippen LogP contribution in [0.15, 0.2) is 18.2 Å². The Morgan fingerprint density at radius 2 is 1.94 bits per heavy atom. The molecule has 0 aliphatic heterocycles. The maximum atomic E-state index is 13.2. The van der Waals surface area contributed by atoms with Crippen LogP contribution in [0.1, 0.15) is 31.9 Å². The third-order valence-electron chi connectivity index (χ3n) is 3.38. The Labute approximate surface area is 110 Å². The van der Waals surface area contributed by atoms with Gasteiger partial charge in [0.05, 0.1) is 0 Å². The van der Waals surface area contributed by atoms with Gasteiger partial charge in [0.15, 0.2) is 0 Å². The number of rotatable bonds is 7. The minimum absolute atomic E-state index is 0.159. The van der Waals surface area contributed by atoms with Gasteiger partial charge in [-0.3, -0.25) is 0 Å². The van der Waals surface area contributed by atoms with E-state index in [0.29, 0.717) is 6.04 Å². The highest BCUT2D eigenvalue weighted by Gasteiger charge is 2.07. The highest BCUT2D eigenvalue weighted by molar-refractivity contribution is 5.26. The standard InChI is InChI=1S/C15H25FN2/c1-5-18(6-2)11-13(4)17-10-14-9-15(16)8-7-12(14)3/h7-9,13,17H,5-6,10-11H2,1-4H3. The van der Waals surface area contributed by atoms with Gasteiger partial charge in [-0.15, -0.1) is 0 Å². The molecule has 3 heteroatoms. The quantitative estimate of drug-likeness (QED) is 0.802. The van der Waals surface area contributed by atoms with E-state index in [9.17, 15) is 4.39 Å². The molecule has 0 aromatic heterocycles. The average Bonchev–Trinajstić information content (AvgIpc) is 2.37. The Kier molecular flexibility index (Phi) is 6.30. The van der Waals surface area contributed by atoms with Gasteiger partial charge in [0.1, 0.15) is 5.82 Å². The van der Waals surface area contributed by atoms with Gasteiger partial charge in [0.2, 0.25) is 0 Å². The summed E-state index contributed by atoms with van der Waals surface area (Å²) >= 11 is 0. The second kappa shape index (κ2) is 7.49. The average molecular weight is 252 g/mol. The molecule has 0 bridgehead atoms. The summed E-state index contributed by atoms with van der Waals surface area (Å²) in [5, 5.41) is 3.46. The summed E-state index contributed by atoms with van der Waals surface area (Å²) in [6.07, 6.45) is 0. The zero-order valence-electron chi connectivity index (χ0n) is 12.0. The SMILES string of the molecule is CCN(CC)CC(C)NCc1cc(F)ccc1C. The molecule has 1 rings (SSSR count). The summed E-state index contributed by atoms with van der Waals surface area (Å²) in [5.74, 6) is -0.159. The number of halogens is 1. The topological polar surface area (TPSA) is 15.3 Å². The van der Waals surface area contributed by atoms with Crippen LogP contribution in [-0.4, -0.2) is 30.6 Å². The molecule has 1 unspecified atom stereocenters. The molecule has 1 aromatic carbocycles. The fourth-order valence-corrected chi connectivity index (χ4v) is 2.05. The maximum absolute atomic E-state index is 13.2. The highest BCUT2D eigenvalue weighted by atomic mass is 19.1. The third-order valence-corrected chi connectivity index (χ3v) is 3.38. The monoisotopic (exact) mass is 252 g/mol. The maximum Gasteiger partial charge on any atom is 0.123 e. The van der Waals surface area contributed by atoms with Crippen molar-refractivity contribution in [1.29, 1.82) is 0 Å².